The predicted molar refractivity (Wildman–Crippen MR) is 78.7 cm³/mol. The Morgan fingerprint density at radius 2 is 2.05 bits per heavy atom. The van der Waals surface area contributed by atoms with Crippen LogP contribution in [0.5, 0.6) is 0 Å². The molecule has 1 aromatic heterocycles. The van der Waals surface area contributed by atoms with Gasteiger partial charge in [0.2, 0.25) is 0 Å². The fourth-order valence-electron chi connectivity index (χ4n) is 1.99. The molecule has 1 fully saturated rings. The predicted octanol–water partition coefficient (Wildman–Crippen LogP) is 3.32. The maximum absolute atomic E-state index is 12.8. The van der Waals surface area contributed by atoms with Gasteiger partial charge >= 0.3 is 0 Å². The molecule has 0 spiro atoms. The van der Waals surface area contributed by atoms with Crippen molar-refractivity contribution < 1.29 is 9.18 Å². The lowest BCUT2D eigenvalue weighted by Crippen LogP contribution is -1.96. The lowest BCUT2D eigenvalue weighted by molar-refractivity contribution is 0.104. The highest BCUT2D eigenvalue weighted by Crippen LogP contribution is 2.39. The van der Waals surface area contributed by atoms with Crippen molar-refractivity contribution in [2.24, 2.45) is 7.05 Å². The quantitative estimate of drug-likeness (QED) is 0.483. The highest BCUT2D eigenvalue weighted by atomic mass is 32.2. The number of carbonyl (C=O) groups is 1. The summed E-state index contributed by atoms with van der Waals surface area (Å²) in [5.74, 6) is 1.04. The SMILES string of the molecule is Cn1c(S/C=C/C(=O)c2ccc(F)cc2)nnc1C1CC1. The first-order valence-electron chi connectivity index (χ1n) is 6.67. The van der Waals surface area contributed by atoms with Gasteiger partial charge < -0.3 is 4.57 Å². The Bertz CT molecular complexity index is 689. The Morgan fingerprint density at radius 1 is 1.33 bits per heavy atom. The van der Waals surface area contributed by atoms with Crippen molar-refractivity contribution in [3.8, 4) is 0 Å². The molecule has 1 aliphatic rings. The van der Waals surface area contributed by atoms with Gasteiger partial charge in [-0.2, -0.15) is 0 Å². The standard InChI is InChI=1S/C15H14FN3OS/c1-19-14(11-2-3-11)17-18-15(19)21-9-8-13(20)10-4-6-12(16)7-5-10/h4-9,11H,2-3H2,1H3/b9-8+. The van der Waals surface area contributed by atoms with E-state index in [0.717, 1.165) is 11.0 Å². The molecule has 0 saturated heterocycles. The summed E-state index contributed by atoms with van der Waals surface area (Å²) >= 11 is 1.35. The molecule has 0 atom stereocenters. The molecule has 0 radical (unpaired) electrons. The third-order valence-corrected chi connectivity index (χ3v) is 4.17. The Morgan fingerprint density at radius 3 is 2.71 bits per heavy atom. The number of hydrogen-bond donors (Lipinski definition) is 0. The van der Waals surface area contributed by atoms with Gasteiger partial charge in [-0.15, -0.1) is 10.2 Å². The van der Waals surface area contributed by atoms with E-state index >= 15 is 0 Å². The van der Waals surface area contributed by atoms with Crippen LogP contribution in [-0.2, 0) is 7.05 Å². The van der Waals surface area contributed by atoms with Crippen molar-refractivity contribution in [3.63, 3.8) is 0 Å². The van der Waals surface area contributed by atoms with Crippen molar-refractivity contribution in [3.05, 3.63) is 53.0 Å². The first-order valence-corrected chi connectivity index (χ1v) is 7.55. The maximum Gasteiger partial charge on any atom is 0.195 e. The average molecular weight is 303 g/mol. The second kappa shape index (κ2) is 5.81. The van der Waals surface area contributed by atoms with Crippen LogP contribution in [0.25, 0.3) is 0 Å². The van der Waals surface area contributed by atoms with E-state index < -0.39 is 0 Å². The molecular weight excluding hydrogens is 289 g/mol. The minimum Gasteiger partial charge on any atom is -0.309 e. The van der Waals surface area contributed by atoms with Crippen LogP contribution in [0, 0.1) is 5.82 Å². The largest absolute Gasteiger partial charge is 0.309 e. The first-order chi connectivity index (χ1) is 10.1. The van der Waals surface area contributed by atoms with Gasteiger partial charge in [-0.1, -0.05) is 11.8 Å². The van der Waals surface area contributed by atoms with E-state index in [1.165, 1.54) is 54.9 Å². The number of benzene rings is 1. The second-order valence-corrected chi connectivity index (χ2v) is 5.84. The molecule has 1 aliphatic carbocycles. The fraction of sp³-hybridized carbons (Fsp3) is 0.267. The van der Waals surface area contributed by atoms with Gasteiger partial charge in [0.15, 0.2) is 10.9 Å². The highest BCUT2D eigenvalue weighted by Gasteiger charge is 2.29. The lowest BCUT2D eigenvalue weighted by Gasteiger charge is -1.99. The molecule has 1 saturated carbocycles. The lowest BCUT2D eigenvalue weighted by atomic mass is 10.1. The van der Waals surface area contributed by atoms with E-state index in [9.17, 15) is 9.18 Å². The number of nitrogens with zero attached hydrogens (tertiary/aromatic N) is 3. The number of carbonyl (C=O) groups excluding carboxylic acids is 1. The summed E-state index contributed by atoms with van der Waals surface area (Å²) in [7, 11) is 1.94. The van der Waals surface area contributed by atoms with Crippen LogP contribution in [-0.4, -0.2) is 20.5 Å². The molecule has 21 heavy (non-hydrogen) atoms. The average Bonchev–Trinajstić information content (AvgIpc) is 3.25. The third-order valence-electron chi connectivity index (χ3n) is 3.33. The number of aromatic nitrogens is 3. The number of thioether (sulfide) groups is 1. The van der Waals surface area contributed by atoms with Gasteiger partial charge in [-0.25, -0.2) is 4.39 Å². The summed E-state index contributed by atoms with van der Waals surface area (Å²) in [6, 6.07) is 5.50. The zero-order valence-corrected chi connectivity index (χ0v) is 12.3. The van der Waals surface area contributed by atoms with E-state index in [1.807, 2.05) is 11.6 Å². The van der Waals surface area contributed by atoms with Crippen LogP contribution in [0.3, 0.4) is 0 Å². The molecule has 6 heteroatoms. The van der Waals surface area contributed by atoms with Crippen LogP contribution >= 0.6 is 11.8 Å². The third kappa shape index (κ3) is 3.21. The van der Waals surface area contributed by atoms with E-state index in [4.69, 9.17) is 0 Å². The van der Waals surface area contributed by atoms with Gasteiger partial charge in [0, 0.05) is 18.5 Å². The van der Waals surface area contributed by atoms with Crippen molar-refractivity contribution in [1.29, 1.82) is 0 Å². The molecule has 1 aromatic carbocycles. The summed E-state index contributed by atoms with van der Waals surface area (Å²) in [5, 5.41) is 10.7. The smallest absolute Gasteiger partial charge is 0.195 e. The molecule has 108 valence electrons. The van der Waals surface area contributed by atoms with Crippen LogP contribution < -0.4 is 0 Å². The Kier molecular flexibility index (Phi) is 3.88. The first kappa shape index (κ1) is 14.0. The zero-order chi connectivity index (χ0) is 14.8. The topological polar surface area (TPSA) is 47.8 Å². The molecular formula is C15H14FN3OS. The van der Waals surface area contributed by atoms with Gasteiger partial charge in [-0.05, 0) is 48.6 Å². The van der Waals surface area contributed by atoms with Crippen molar-refractivity contribution in [2.75, 3.05) is 0 Å². The maximum atomic E-state index is 12.8. The molecule has 1 heterocycles. The Labute approximate surface area is 126 Å². The molecule has 3 rings (SSSR count). The number of allylic oxidation sites excluding steroid dienone is 1. The van der Waals surface area contributed by atoms with Crippen LogP contribution in [0.2, 0.25) is 0 Å². The molecule has 0 bridgehead atoms. The highest BCUT2D eigenvalue weighted by molar-refractivity contribution is 8.02. The summed E-state index contributed by atoms with van der Waals surface area (Å²) in [5.41, 5.74) is 0.463. The number of hydrogen-bond acceptors (Lipinski definition) is 4. The minimum atomic E-state index is -0.350. The molecule has 2 aromatic rings. The summed E-state index contributed by atoms with van der Waals surface area (Å²) < 4.78 is 14.8. The van der Waals surface area contributed by atoms with Gasteiger partial charge in [0.05, 0.1) is 0 Å². The van der Waals surface area contributed by atoms with E-state index in [-0.39, 0.29) is 11.6 Å². The molecule has 0 N–H and O–H groups in total. The van der Waals surface area contributed by atoms with Gasteiger partial charge in [0.1, 0.15) is 11.6 Å². The number of halogens is 1. The van der Waals surface area contributed by atoms with Crippen LogP contribution in [0.4, 0.5) is 4.39 Å². The van der Waals surface area contributed by atoms with E-state index in [0.29, 0.717) is 11.5 Å². The monoisotopic (exact) mass is 303 g/mol. The van der Waals surface area contributed by atoms with Crippen molar-refractivity contribution in [2.45, 2.75) is 23.9 Å². The minimum absolute atomic E-state index is 0.160. The molecule has 4 nitrogen and oxygen atoms in total. The zero-order valence-electron chi connectivity index (χ0n) is 11.5. The number of rotatable bonds is 5. The summed E-state index contributed by atoms with van der Waals surface area (Å²) in [6.45, 7) is 0. The Balaban J connectivity index is 1.64. The van der Waals surface area contributed by atoms with Crippen LogP contribution in [0.15, 0.2) is 40.9 Å². The summed E-state index contributed by atoms with van der Waals surface area (Å²) in [4.78, 5) is 11.9. The summed E-state index contributed by atoms with van der Waals surface area (Å²) in [6.07, 6.45) is 3.81. The van der Waals surface area contributed by atoms with Gasteiger partial charge in [-0.3, -0.25) is 4.79 Å². The van der Waals surface area contributed by atoms with E-state index in [2.05, 4.69) is 10.2 Å². The normalized spacial score (nSPS) is 14.8. The Hall–Kier alpha value is -1.95. The van der Waals surface area contributed by atoms with Crippen LogP contribution in [0.1, 0.15) is 34.9 Å². The fourth-order valence-corrected chi connectivity index (χ4v) is 2.65. The van der Waals surface area contributed by atoms with Crippen molar-refractivity contribution in [1.82, 2.24) is 14.8 Å². The second-order valence-electron chi connectivity index (χ2n) is 4.97. The van der Waals surface area contributed by atoms with Crippen molar-refractivity contribution >= 4 is 17.5 Å². The molecule has 0 unspecified atom stereocenters. The van der Waals surface area contributed by atoms with E-state index in [1.54, 1.807) is 5.41 Å². The van der Waals surface area contributed by atoms with Gasteiger partial charge in [0.25, 0.3) is 0 Å². The molecule has 0 amide bonds. The number of ketones is 1. The molecule has 0 aliphatic heterocycles.